The molecule has 0 fully saturated rings. The van der Waals surface area contributed by atoms with Crippen molar-refractivity contribution < 1.29 is 22.3 Å². The van der Waals surface area contributed by atoms with E-state index in [-0.39, 0.29) is 28.2 Å². The Balaban J connectivity index is 1.73. The maximum Gasteiger partial charge on any atom is 0.185 e. The summed E-state index contributed by atoms with van der Waals surface area (Å²) in [6, 6.07) is 13.2. The molecule has 0 aliphatic rings. The van der Waals surface area contributed by atoms with Gasteiger partial charge >= 0.3 is 0 Å². The lowest BCUT2D eigenvalue weighted by Crippen LogP contribution is -2.28. The van der Waals surface area contributed by atoms with Gasteiger partial charge in [0, 0.05) is 25.0 Å². The number of hydrogen-bond donors (Lipinski definition) is 3. The van der Waals surface area contributed by atoms with E-state index in [0.717, 1.165) is 6.07 Å². The number of aliphatic hydroxyl groups excluding tert-OH is 1. The molecule has 1 unspecified atom stereocenters. The van der Waals surface area contributed by atoms with Gasteiger partial charge in [-0.05, 0) is 35.9 Å². The van der Waals surface area contributed by atoms with Crippen molar-refractivity contribution in [2.45, 2.75) is 17.7 Å². The van der Waals surface area contributed by atoms with Gasteiger partial charge < -0.3 is 15.0 Å². The van der Waals surface area contributed by atoms with E-state index in [2.05, 4.69) is 15.4 Å². The molecule has 0 aliphatic heterocycles. The van der Waals surface area contributed by atoms with Crippen LogP contribution < -0.4 is 5.32 Å². The van der Waals surface area contributed by atoms with Crippen LogP contribution in [0.1, 0.15) is 5.56 Å². The van der Waals surface area contributed by atoms with Gasteiger partial charge in [0.05, 0.1) is 27.2 Å². The highest BCUT2D eigenvalue weighted by Crippen LogP contribution is 2.31. The Morgan fingerprint density at radius 3 is 2.70 bits per heavy atom. The molecule has 2 aromatic carbocycles. The largest absolute Gasteiger partial charge is 0.373 e. The van der Waals surface area contributed by atoms with Crippen molar-refractivity contribution in [1.82, 2.24) is 9.55 Å². The minimum absolute atomic E-state index is 0.0477. The molecule has 8 nitrogen and oxygen atoms in total. The fourth-order valence-corrected chi connectivity index (χ4v) is 5.03. The number of aromatic nitrogens is 2. The van der Waals surface area contributed by atoms with Crippen LogP contribution in [0.15, 0.2) is 77.0 Å². The van der Waals surface area contributed by atoms with E-state index >= 15 is 0 Å². The Kier molecular flexibility index (Phi) is 6.16. The molecule has 33 heavy (non-hydrogen) atoms. The number of nitrogens with zero attached hydrogens (tertiary/aromatic N) is 3. The quantitative estimate of drug-likeness (QED) is 0.262. The van der Waals surface area contributed by atoms with E-state index in [4.69, 9.17) is 5.53 Å². The van der Waals surface area contributed by atoms with Crippen molar-refractivity contribution in [3.63, 3.8) is 0 Å². The summed E-state index contributed by atoms with van der Waals surface area (Å²) >= 11 is 0. The molecule has 4 rings (SSSR count). The first-order valence-electron chi connectivity index (χ1n) is 9.79. The highest BCUT2D eigenvalue weighted by Gasteiger charge is 2.27. The van der Waals surface area contributed by atoms with E-state index in [1.807, 2.05) is 0 Å². The Hall–Kier alpha value is -3.70. The first-order chi connectivity index (χ1) is 15.8. The molecule has 0 radical (unpaired) electrons. The number of aliphatic hydroxyl groups is 1. The Bertz CT molecular complexity index is 1430. The summed E-state index contributed by atoms with van der Waals surface area (Å²) in [5.74, 6) is -2.36. The highest BCUT2D eigenvalue weighted by atomic mass is 32.2. The fraction of sp³-hybridized carbons (Fsp3) is 0.136. The lowest BCUT2D eigenvalue weighted by atomic mass is 10.2. The average Bonchev–Trinajstić information content (AvgIpc) is 3.13. The van der Waals surface area contributed by atoms with Crippen molar-refractivity contribution in [2.24, 2.45) is 5.11 Å². The molecule has 0 bridgehead atoms. The van der Waals surface area contributed by atoms with Gasteiger partial charge in [0.1, 0.15) is 23.7 Å². The van der Waals surface area contributed by atoms with E-state index in [1.54, 1.807) is 42.5 Å². The van der Waals surface area contributed by atoms with Gasteiger partial charge in [-0.15, -0.1) is 0 Å². The van der Waals surface area contributed by atoms with Crippen LogP contribution >= 0.6 is 0 Å². The maximum atomic E-state index is 14.7. The van der Waals surface area contributed by atoms with E-state index in [9.17, 15) is 22.3 Å². The van der Waals surface area contributed by atoms with Gasteiger partial charge in [-0.2, -0.15) is 5.11 Å². The first-order valence-corrected chi connectivity index (χ1v) is 11.4. The second-order valence-electron chi connectivity index (χ2n) is 7.34. The van der Waals surface area contributed by atoms with Gasteiger partial charge in [-0.25, -0.2) is 27.7 Å². The summed E-state index contributed by atoms with van der Waals surface area (Å²) in [6.07, 6.45) is 1.19. The number of anilines is 1. The standard InChI is InChI=1S/C22H19F2N5O3S/c23-15-9-17(24)22-18(10-15)29(11-14-4-3-5-16(8-14)28-25)12-19(22)33(31,32)13-21(30)27-20-6-1-2-7-26-20/h1-10,12,21,25,30H,11,13H2,(H,26,27). The molecule has 0 saturated heterocycles. The van der Waals surface area contributed by atoms with Crippen molar-refractivity contribution in [3.05, 3.63) is 84.2 Å². The zero-order valence-corrected chi connectivity index (χ0v) is 17.9. The first kappa shape index (κ1) is 22.5. The summed E-state index contributed by atoms with van der Waals surface area (Å²) < 4.78 is 56.4. The van der Waals surface area contributed by atoms with Crippen LogP contribution in [-0.2, 0) is 16.4 Å². The molecular formula is C22H19F2N5O3S. The highest BCUT2D eigenvalue weighted by molar-refractivity contribution is 7.91. The molecule has 0 saturated carbocycles. The normalized spacial score (nSPS) is 12.6. The molecule has 11 heteroatoms. The fourth-order valence-electron chi connectivity index (χ4n) is 3.55. The Labute approximate surface area is 187 Å². The molecular weight excluding hydrogens is 452 g/mol. The summed E-state index contributed by atoms with van der Waals surface area (Å²) in [4.78, 5) is 3.60. The van der Waals surface area contributed by atoms with Gasteiger partial charge in [-0.1, -0.05) is 18.2 Å². The van der Waals surface area contributed by atoms with Gasteiger partial charge in [0.15, 0.2) is 9.84 Å². The second-order valence-corrected chi connectivity index (χ2v) is 9.34. The topological polar surface area (TPSA) is 120 Å². The van der Waals surface area contributed by atoms with Crippen LogP contribution in [0.4, 0.5) is 20.3 Å². The molecule has 1 atom stereocenters. The number of rotatable bonds is 8. The monoisotopic (exact) mass is 471 g/mol. The van der Waals surface area contributed by atoms with Crippen LogP contribution in [0, 0.1) is 17.2 Å². The molecule has 2 aromatic heterocycles. The third-order valence-corrected chi connectivity index (χ3v) is 6.68. The van der Waals surface area contributed by atoms with E-state index in [0.29, 0.717) is 17.3 Å². The summed E-state index contributed by atoms with van der Waals surface area (Å²) in [5, 5.41) is 15.9. The van der Waals surface area contributed by atoms with Crippen molar-refractivity contribution in [2.75, 3.05) is 11.1 Å². The molecule has 2 heterocycles. The van der Waals surface area contributed by atoms with Crippen LogP contribution in [-0.4, -0.2) is 35.1 Å². The number of halogens is 2. The minimum Gasteiger partial charge on any atom is -0.373 e. The number of benzene rings is 2. The van der Waals surface area contributed by atoms with Crippen LogP contribution in [0.2, 0.25) is 0 Å². The molecule has 3 N–H and O–H groups in total. The molecule has 4 aromatic rings. The zero-order valence-electron chi connectivity index (χ0n) is 17.1. The Morgan fingerprint density at radius 1 is 1.15 bits per heavy atom. The Morgan fingerprint density at radius 2 is 1.97 bits per heavy atom. The van der Waals surface area contributed by atoms with E-state index < -0.39 is 33.5 Å². The van der Waals surface area contributed by atoms with Gasteiger partial charge in [0.2, 0.25) is 0 Å². The van der Waals surface area contributed by atoms with E-state index in [1.165, 1.54) is 17.0 Å². The van der Waals surface area contributed by atoms with Crippen LogP contribution in [0.25, 0.3) is 10.9 Å². The third-order valence-electron chi connectivity index (χ3n) is 4.95. The third kappa shape index (κ3) is 4.89. The number of hydrogen-bond acceptors (Lipinski definition) is 7. The predicted octanol–water partition coefficient (Wildman–Crippen LogP) is 4.23. The van der Waals surface area contributed by atoms with Crippen molar-refractivity contribution in [3.8, 4) is 0 Å². The molecule has 0 aliphatic carbocycles. The lowest BCUT2D eigenvalue weighted by molar-refractivity contribution is 0.226. The number of nitrogens with one attached hydrogen (secondary N) is 2. The van der Waals surface area contributed by atoms with Crippen LogP contribution in [0.5, 0.6) is 0 Å². The smallest absolute Gasteiger partial charge is 0.185 e. The second kappa shape index (κ2) is 9.04. The summed E-state index contributed by atoms with van der Waals surface area (Å²) in [6.45, 7) is 0.0903. The summed E-state index contributed by atoms with van der Waals surface area (Å²) in [7, 11) is -4.20. The maximum absolute atomic E-state index is 14.7. The SMILES string of the molecule is N=Nc1cccc(Cn2cc(S(=O)(=O)CC(O)Nc3ccccn3)c3c(F)cc(F)cc32)c1. The van der Waals surface area contributed by atoms with Crippen molar-refractivity contribution in [1.29, 1.82) is 5.53 Å². The molecule has 0 spiro atoms. The summed E-state index contributed by atoms with van der Waals surface area (Å²) in [5.41, 5.74) is 8.24. The lowest BCUT2D eigenvalue weighted by Gasteiger charge is -2.13. The van der Waals surface area contributed by atoms with Crippen molar-refractivity contribution >= 4 is 32.2 Å². The number of pyridine rings is 1. The predicted molar refractivity (Wildman–Crippen MR) is 118 cm³/mol. The van der Waals surface area contributed by atoms with Crippen LogP contribution in [0.3, 0.4) is 0 Å². The molecule has 170 valence electrons. The van der Waals surface area contributed by atoms with Gasteiger partial charge in [-0.3, -0.25) is 0 Å². The number of sulfone groups is 1. The number of fused-ring (bicyclic) bond motifs is 1. The zero-order chi connectivity index (χ0) is 23.6. The molecule has 0 amide bonds. The average molecular weight is 471 g/mol. The minimum atomic E-state index is -4.20. The van der Waals surface area contributed by atoms with Gasteiger partial charge in [0.25, 0.3) is 0 Å².